The summed E-state index contributed by atoms with van der Waals surface area (Å²) in [5.74, 6) is -0.313. The number of amides is 1. The summed E-state index contributed by atoms with van der Waals surface area (Å²) in [6.07, 6.45) is 6.46. The highest BCUT2D eigenvalue weighted by atomic mass is 19.1. The fourth-order valence-electron chi connectivity index (χ4n) is 6.39. The van der Waals surface area contributed by atoms with Gasteiger partial charge in [0.1, 0.15) is 5.82 Å². The van der Waals surface area contributed by atoms with Gasteiger partial charge < -0.3 is 14.5 Å². The molecule has 8 nitrogen and oxygen atoms in total. The Hall–Kier alpha value is -3.20. The van der Waals surface area contributed by atoms with Gasteiger partial charge in [-0.3, -0.25) is 14.6 Å². The average molecular weight is 493 g/mol. The first-order valence-electron chi connectivity index (χ1n) is 12.9. The van der Waals surface area contributed by atoms with Gasteiger partial charge in [-0.1, -0.05) is 12.1 Å². The number of ether oxygens (including phenoxy) is 1. The molecule has 3 fully saturated rings. The lowest BCUT2D eigenvalue weighted by atomic mass is 9.78. The number of carbonyl (C=O) groups excluding carboxylic acids is 1. The molecule has 1 saturated carbocycles. The zero-order valence-corrected chi connectivity index (χ0v) is 21.0. The van der Waals surface area contributed by atoms with Crippen LogP contribution in [-0.4, -0.2) is 82.6 Å². The van der Waals surface area contributed by atoms with Crippen molar-refractivity contribution < 1.29 is 13.9 Å². The van der Waals surface area contributed by atoms with Crippen LogP contribution in [0.3, 0.4) is 0 Å². The molecule has 1 atom stereocenters. The molecule has 36 heavy (non-hydrogen) atoms. The van der Waals surface area contributed by atoms with E-state index in [1.807, 2.05) is 41.9 Å². The van der Waals surface area contributed by atoms with Crippen LogP contribution in [0.2, 0.25) is 0 Å². The van der Waals surface area contributed by atoms with E-state index in [9.17, 15) is 9.18 Å². The minimum absolute atomic E-state index is 0.178. The predicted octanol–water partition coefficient (Wildman–Crippen LogP) is 3.91. The molecule has 1 spiro atoms. The number of benzene rings is 1. The number of rotatable bonds is 4. The number of piperazine rings is 1. The molecule has 3 aromatic rings. The predicted molar refractivity (Wildman–Crippen MR) is 136 cm³/mol. The SMILES string of the molecule is CCOC(=O)N1CC2(CCC(N3CCN(c4cc(F)cnc4-c4ccc5cnn(C)c5c4)CC3)C2)C1. The van der Waals surface area contributed by atoms with E-state index in [1.165, 1.54) is 19.0 Å². The second-order valence-corrected chi connectivity index (χ2v) is 10.5. The first-order valence-corrected chi connectivity index (χ1v) is 12.9. The number of aryl methyl sites for hydroxylation is 1. The highest BCUT2D eigenvalue weighted by molar-refractivity contribution is 5.86. The number of halogens is 1. The number of aromatic nitrogens is 3. The molecule has 0 bridgehead atoms. The lowest BCUT2D eigenvalue weighted by Gasteiger charge is -2.48. The van der Waals surface area contributed by atoms with Crippen molar-refractivity contribution in [1.82, 2.24) is 24.6 Å². The van der Waals surface area contributed by atoms with Gasteiger partial charge in [0.05, 0.1) is 35.9 Å². The molecule has 0 N–H and O–H groups in total. The molecule has 1 aliphatic carbocycles. The van der Waals surface area contributed by atoms with Gasteiger partial charge in [0.25, 0.3) is 0 Å². The van der Waals surface area contributed by atoms with Gasteiger partial charge in [0.15, 0.2) is 0 Å². The maximum atomic E-state index is 14.3. The van der Waals surface area contributed by atoms with Crippen molar-refractivity contribution in [3.63, 3.8) is 0 Å². The van der Waals surface area contributed by atoms with Crippen LogP contribution in [-0.2, 0) is 11.8 Å². The van der Waals surface area contributed by atoms with E-state index in [4.69, 9.17) is 4.74 Å². The number of hydrogen-bond acceptors (Lipinski definition) is 6. The number of carbonyl (C=O) groups is 1. The average Bonchev–Trinajstić information content (AvgIpc) is 3.48. The van der Waals surface area contributed by atoms with Crippen LogP contribution in [0, 0.1) is 11.2 Å². The summed E-state index contributed by atoms with van der Waals surface area (Å²) in [6.45, 7) is 7.48. The molecule has 6 rings (SSSR count). The molecule has 4 heterocycles. The molecule has 3 aliphatic rings. The first kappa shape index (κ1) is 23.2. The van der Waals surface area contributed by atoms with Crippen molar-refractivity contribution in [2.75, 3.05) is 50.8 Å². The Morgan fingerprint density at radius 1 is 1.17 bits per heavy atom. The summed E-state index contributed by atoms with van der Waals surface area (Å²) in [4.78, 5) is 23.2. The summed E-state index contributed by atoms with van der Waals surface area (Å²) in [5, 5.41) is 5.41. The Labute approximate surface area is 210 Å². The lowest BCUT2D eigenvalue weighted by molar-refractivity contribution is -0.00294. The standard InChI is InChI=1S/C27H33FN6O2/c1-3-36-26(35)34-17-27(18-34)7-6-22(14-27)32-8-10-33(11-9-32)24-13-21(28)16-29-25(24)19-4-5-20-15-30-31(2)23(20)12-19/h4-5,12-13,15-16,22H,3,6-11,14,17-18H2,1-2H3. The largest absolute Gasteiger partial charge is 0.450 e. The van der Waals surface area contributed by atoms with Crippen molar-refractivity contribution in [2.24, 2.45) is 12.5 Å². The smallest absolute Gasteiger partial charge is 0.409 e. The fraction of sp³-hybridized carbons (Fsp3) is 0.519. The van der Waals surface area contributed by atoms with E-state index in [1.54, 1.807) is 6.07 Å². The molecule has 2 saturated heterocycles. The number of hydrogen-bond donors (Lipinski definition) is 0. The van der Waals surface area contributed by atoms with Crippen molar-refractivity contribution in [2.45, 2.75) is 32.2 Å². The van der Waals surface area contributed by atoms with E-state index in [-0.39, 0.29) is 17.3 Å². The minimum atomic E-state index is -0.313. The third kappa shape index (κ3) is 4.09. The maximum Gasteiger partial charge on any atom is 0.409 e. The van der Waals surface area contributed by atoms with Crippen LogP contribution in [0.5, 0.6) is 0 Å². The van der Waals surface area contributed by atoms with Crippen LogP contribution in [0.25, 0.3) is 22.2 Å². The van der Waals surface area contributed by atoms with E-state index in [2.05, 4.69) is 25.9 Å². The molecule has 1 aromatic carbocycles. The van der Waals surface area contributed by atoms with Crippen LogP contribution in [0.15, 0.2) is 36.7 Å². The van der Waals surface area contributed by atoms with Gasteiger partial charge in [-0.25, -0.2) is 9.18 Å². The van der Waals surface area contributed by atoms with Gasteiger partial charge in [-0.05, 0) is 32.3 Å². The Balaban J connectivity index is 1.13. The summed E-state index contributed by atoms with van der Waals surface area (Å²) in [7, 11) is 1.93. The summed E-state index contributed by atoms with van der Waals surface area (Å²) in [6, 6.07) is 8.34. The number of fused-ring (bicyclic) bond motifs is 1. The minimum Gasteiger partial charge on any atom is -0.450 e. The summed E-state index contributed by atoms with van der Waals surface area (Å²) < 4.78 is 21.3. The van der Waals surface area contributed by atoms with Gasteiger partial charge in [-0.2, -0.15) is 5.10 Å². The number of likely N-dealkylation sites (tertiary alicyclic amines) is 1. The molecule has 2 aromatic heterocycles. The van der Waals surface area contributed by atoms with Gasteiger partial charge in [0, 0.05) is 74.8 Å². The Kier molecular flexibility index (Phi) is 5.82. The monoisotopic (exact) mass is 492 g/mol. The van der Waals surface area contributed by atoms with E-state index >= 15 is 0 Å². The lowest BCUT2D eigenvalue weighted by Crippen LogP contribution is -2.58. The topological polar surface area (TPSA) is 66.7 Å². The molecule has 9 heteroatoms. The Morgan fingerprint density at radius 3 is 2.75 bits per heavy atom. The third-order valence-electron chi connectivity index (χ3n) is 8.28. The van der Waals surface area contributed by atoms with Gasteiger partial charge in [-0.15, -0.1) is 0 Å². The maximum absolute atomic E-state index is 14.3. The molecule has 1 unspecified atom stereocenters. The van der Waals surface area contributed by atoms with Crippen LogP contribution < -0.4 is 4.90 Å². The van der Waals surface area contributed by atoms with Gasteiger partial charge >= 0.3 is 6.09 Å². The second-order valence-electron chi connectivity index (χ2n) is 10.5. The van der Waals surface area contributed by atoms with E-state index in [0.29, 0.717) is 12.6 Å². The molecular formula is C27H33FN6O2. The zero-order valence-electron chi connectivity index (χ0n) is 21.0. The van der Waals surface area contributed by atoms with Crippen LogP contribution >= 0.6 is 0 Å². The van der Waals surface area contributed by atoms with Crippen molar-refractivity contribution >= 4 is 22.7 Å². The highest BCUT2D eigenvalue weighted by Gasteiger charge is 2.51. The second kappa shape index (κ2) is 9.03. The summed E-state index contributed by atoms with van der Waals surface area (Å²) >= 11 is 0. The Morgan fingerprint density at radius 2 is 1.97 bits per heavy atom. The quantitative estimate of drug-likeness (QED) is 0.550. The molecule has 2 aliphatic heterocycles. The summed E-state index contributed by atoms with van der Waals surface area (Å²) in [5.41, 5.74) is 3.92. The van der Waals surface area contributed by atoms with E-state index < -0.39 is 0 Å². The van der Waals surface area contributed by atoms with E-state index in [0.717, 1.165) is 73.5 Å². The van der Waals surface area contributed by atoms with Gasteiger partial charge in [0.2, 0.25) is 0 Å². The highest BCUT2D eigenvalue weighted by Crippen LogP contribution is 2.47. The Bertz CT molecular complexity index is 1280. The van der Waals surface area contributed by atoms with Crippen LogP contribution in [0.1, 0.15) is 26.2 Å². The normalized spacial score (nSPS) is 21.8. The number of anilines is 1. The number of nitrogens with zero attached hydrogens (tertiary/aromatic N) is 6. The molecule has 0 radical (unpaired) electrons. The van der Waals surface area contributed by atoms with Crippen molar-refractivity contribution in [1.29, 1.82) is 0 Å². The molecule has 1 amide bonds. The van der Waals surface area contributed by atoms with Crippen LogP contribution in [0.4, 0.5) is 14.9 Å². The van der Waals surface area contributed by atoms with Crippen molar-refractivity contribution in [3.8, 4) is 11.3 Å². The first-order chi connectivity index (χ1) is 17.4. The zero-order chi connectivity index (χ0) is 24.9. The molecule has 190 valence electrons. The fourth-order valence-corrected chi connectivity index (χ4v) is 6.39. The third-order valence-corrected chi connectivity index (χ3v) is 8.28. The number of pyridine rings is 1. The molecular weight excluding hydrogens is 459 g/mol. The van der Waals surface area contributed by atoms with Crippen molar-refractivity contribution in [3.05, 3.63) is 42.5 Å².